The Morgan fingerprint density at radius 1 is 1.18 bits per heavy atom. The van der Waals surface area contributed by atoms with Crippen LogP contribution in [0.25, 0.3) is 0 Å². The highest BCUT2D eigenvalue weighted by atomic mass is 35.5. The number of hydrogen-bond acceptors (Lipinski definition) is 4. The fourth-order valence-corrected chi connectivity index (χ4v) is 3.22. The minimum Gasteiger partial charge on any atom is -0.294 e. The lowest BCUT2D eigenvalue weighted by Crippen LogP contribution is -2.31. The first-order chi connectivity index (χ1) is 10.7. The van der Waals surface area contributed by atoms with Crippen molar-refractivity contribution in [1.29, 1.82) is 0 Å². The Balaban J connectivity index is 1.50. The van der Waals surface area contributed by atoms with Crippen LogP contribution in [0.1, 0.15) is 41.4 Å². The highest BCUT2D eigenvalue weighted by molar-refractivity contribution is 6.32. The van der Waals surface area contributed by atoms with Gasteiger partial charge in [0, 0.05) is 61.2 Å². The molecule has 0 unspecified atom stereocenters. The van der Waals surface area contributed by atoms with E-state index in [4.69, 9.17) is 28.2 Å². The molecule has 0 aromatic carbocycles. The zero-order valence-corrected chi connectivity index (χ0v) is 13.6. The number of nitrogens with zero attached hydrogens (tertiary/aromatic N) is 4. The highest BCUT2D eigenvalue weighted by Gasteiger charge is 2.28. The zero-order chi connectivity index (χ0) is 15.1. The average molecular weight is 335 g/mol. The lowest BCUT2D eigenvalue weighted by Gasteiger charge is -2.28. The van der Waals surface area contributed by atoms with Crippen LogP contribution < -0.4 is 0 Å². The summed E-state index contributed by atoms with van der Waals surface area (Å²) in [7, 11) is 0. The van der Waals surface area contributed by atoms with Crippen molar-refractivity contribution in [3.8, 4) is 0 Å². The Morgan fingerprint density at radius 3 is 2.86 bits per heavy atom. The summed E-state index contributed by atoms with van der Waals surface area (Å²) < 4.78 is 0. The lowest BCUT2D eigenvalue weighted by molar-refractivity contribution is 0.242. The number of fused-ring (bicyclic) bond motifs is 1. The van der Waals surface area contributed by atoms with Crippen LogP contribution in [0.3, 0.4) is 0 Å². The Bertz CT molecular complexity index is 715. The van der Waals surface area contributed by atoms with Crippen LogP contribution in [0.15, 0.2) is 18.5 Å². The molecular weight excluding hydrogens is 319 g/mol. The molecule has 2 aromatic rings. The maximum atomic E-state index is 6.16. The van der Waals surface area contributed by atoms with Gasteiger partial charge in [-0.1, -0.05) is 23.2 Å². The summed E-state index contributed by atoms with van der Waals surface area (Å²) in [6.45, 7) is 2.57. The molecule has 4 rings (SSSR count). The van der Waals surface area contributed by atoms with Crippen molar-refractivity contribution in [2.24, 2.45) is 0 Å². The molecule has 0 N–H and O–H groups in total. The predicted octanol–water partition coefficient (Wildman–Crippen LogP) is 3.61. The van der Waals surface area contributed by atoms with Gasteiger partial charge in [-0.05, 0) is 18.9 Å². The summed E-state index contributed by atoms with van der Waals surface area (Å²) in [6, 6.07) is 1.89. The van der Waals surface area contributed by atoms with E-state index in [0.29, 0.717) is 16.1 Å². The van der Waals surface area contributed by atoms with Crippen LogP contribution in [-0.4, -0.2) is 26.4 Å². The minimum absolute atomic E-state index is 0.524. The summed E-state index contributed by atoms with van der Waals surface area (Å²) in [5, 5.41) is 1.14. The van der Waals surface area contributed by atoms with Gasteiger partial charge in [0.2, 0.25) is 0 Å². The van der Waals surface area contributed by atoms with E-state index >= 15 is 0 Å². The fraction of sp³-hybridized carbons (Fsp3) is 0.438. The number of pyridine rings is 1. The molecule has 0 saturated heterocycles. The average Bonchev–Trinajstić information content (AvgIpc) is 3.35. The fourth-order valence-electron chi connectivity index (χ4n) is 2.88. The molecule has 1 aliphatic carbocycles. The maximum Gasteiger partial charge on any atom is 0.133 e. The molecule has 22 heavy (non-hydrogen) atoms. The van der Waals surface area contributed by atoms with Crippen LogP contribution in [0, 0.1) is 0 Å². The molecule has 1 fully saturated rings. The summed E-state index contributed by atoms with van der Waals surface area (Å²) in [5.74, 6) is 1.65. The van der Waals surface area contributed by atoms with Crippen molar-refractivity contribution in [3.63, 3.8) is 0 Å². The molecule has 0 radical (unpaired) electrons. The van der Waals surface area contributed by atoms with Crippen LogP contribution in [-0.2, 0) is 19.5 Å². The number of halogens is 2. The quantitative estimate of drug-likeness (QED) is 0.804. The molecule has 0 spiro atoms. The van der Waals surface area contributed by atoms with Gasteiger partial charge < -0.3 is 0 Å². The van der Waals surface area contributed by atoms with E-state index in [9.17, 15) is 0 Å². The van der Waals surface area contributed by atoms with Gasteiger partial charge in [-0.15, -0.1) is 0 Å². The van der Waals surface area contributed by atoms with Gasteiger partial charge in [0.15, 0.2) is 0 Å². The Morgan fingerprint density at radius 2 is 2.05 bits per heavy atom. The van der Waals surface area contributed by atoms with E-state index in [0.717, 1.165) is 37.4 Å². The van der Waals surface area contributed by atoms with Gasteiger partial charge in [-0.2, -0.15) is 0 Å². The van der Waals surface area contributed by atoms with Gasteiger partial charge >= 0.3 is 0 Å². The maximum absolute atomic E-state index is 6.16. The second-order valence-electron chi connectivity index (χ2n) is 6.04. The predicted molar refractivity (Wildman–Crippen MR) is 86.1 cm³/mol. The first kappa shape index (κ1) is 14.4. The molecule has 1 saturated carbocycles. The Labute approximate surface area is 139 Å². The van der Waals surface area contributed by atoms with Crippen LogP contribution in [0.4, 0.5) is 0 Å². The van der Waals surface area contributed by atoms with E-state index in [-0.39, 0.29) is 0 Å². The number of hydrogen-bond donors (Lipinski definition) is 0. The summed E-state index contributed by atoms with van der Waals surface area (Å²) >= 11 is 12.2. The smallest absolute Gasteiger partial charge is 0.133 e. The third-order valence-electron chi connectivity index (χ3n) is 4.25. The highest BCUT2D eigenvalue weighted by Crippen LogP contribution is 2.38. The van der Waals surface area contributed by atoms with Crippen molar-refractivity contribution in [1.82, 2.24) is 19.9 Å². The molecule has 0 amide bonds. The summed E-state index contributed by atoms with van der Waals surface area (Å²) in [4.78, 5) is 15.7. The Hall–Kier alpha value is -1.23. The van der Waals surface area contributed by atoms with Gasteiger partial charge in [-0.25, -0.2) is 15.0 Å². The summed E-state index contributed by atoms with van der Waals surface area (Å²) in [5.41, 5.74) is 3.40. The second kappa shape index (κ2) is 5.76. The largest absolute Gasteiger partial charge is 0.294 e. The van der Waals surface area contributed by atoms with Gasteiger partial charge in [0.05, 0.1) is 5.02 Å². The molecule has 6 heteroatoms. The number of rotatable bonds is 3. The monoisotopic (exact) mass is 334 g/mol. The minimum atomic E-state index is 0.524. The molecule has 3 heterocycles. The topological polar surface area (TPSA) is 41.9 Å². The second-order valence-corrected chi connectivity index (χ2v) is 6.83. The van der Waals surface area contributed by atoms with Crippen molar-refractivity contribution >= 4 is 23.2 Å². The molecule has 0 atom stereocenters. The van der Waals surface area contributed by atoms with E-state index in [1.165, 1.54) is 24.1 Å². The van der Waals surface area contributed by atoms with Crippen molar-refractivity contribution in [2.45, 2.75) is 38.3 Å². The Kier molecular flexibility index (Phi) is 3.76. The first-order valence-corrected chi connectivity index (χ1v) is 8.31. The van der Waals surface area contributed by atoms with E-state index < -0.39 is 0 Å². The molecule has 0 bridgehead atoms. The van der Waals surface area contributed by atoms with E-state index in [2.05, 4.69) is 14.9 Å². The van der Waals surface area contributed by atoms with E-state index in [1.807, 2.05) is 12.3 Å². The lowest BCUT2D eigenvalue weighted by atomic mass is 10.1. The SMILES string of the molecule is Clc1cnc(Cl)c(CN2CCc3nc(C4CC4)ncc3C2)c1. The molecule has 1 aliphatic heterocycles. The zero-order valence-electron chi connectivity index (χ0n) is 12.1. The van der Waals surface area contributed by atoms with Gasteiger partial charge in [0.1, 0.15) is 11.0 Å². The molecular formula is C16H16Cl2N4. The third-order valence-corrected chi connectivity index (χ3v) is 4.79. The van der Waals surface area contributed by atoms with E-state index in [1.54, 1.807) is 6.20 Å². The third kappa shape index (κ3) is 2.96. The van der Waals surface area contributed by atoms with Crippen molar-refractivity contribution < 1.29 is 0 Å². The van der Waals surface area contributed by atoms with Crippen molar-refractivity contribution in [3.05, 3.63) is 51.3 Å². The molecule has 114 valence electrons. The normalized spacial score (nSPS) is 18.3. The first-order valence-electron chi connectivity index (χ1n) is 7.56. The molecule has 2 aliphatic rings. The molecule has 4 nitrogen and oxygen atoms in total. The number of aromatic nitrogens is 3. The van der Waals surface area contributed by atoms with Crippen LogP contribution in [0.2, 0.25) is 10.2 Å². The van der Waals surface area contributed by atoms with Gasteiger partial charge in [-0.3, -0.25) is 4.90 Å². The van der Waals surface area contributed by atoms with Crippen LogP contribution >= 0.6 is 23.2 Å². The standard InChI is InChI=1S/C16H16Cl2N4/c17-13-5-11(15(18)19-7-13)8-22-4-3-14-12(9-22)6-20-16(21-14)10-1-2-10/h5-7,10H,1-4,8-9H2. The van der Waals surface area contributed by atoms with Crippen LogP contribution in [0.5, 0.6) is 0 Å². The van der Waals surface area contributed by atoms with Crippen molar-refractivity contribution in [2.75, 3.05) is 6.54 Å². The van der Waals surface area contributed by atoms with Gasteiger partial charge in [0.25, 0.3) is 0 Å². The summed E-state index contributed by atoms with van der Waals surface area (Å²) in [6.07, 6.45) is 7.02. The molecule has 2 aromatic heterocycles.